The maximum atomic E-state index is 13.0. The smallest absolute Gasteiger partial charge is 0.393 e. The van der Waals surface area contributed by atoms with Crippen LogP contribution in [-0.4, -0.2) is 108 Å². The summed E-state index contributed by atoms with van der Waals surface area (Å²) in [7, 11) is -5.15. The van der Waals surface area contributed by atoms with E-state index in [2.05, 4.69) is 49.5 Å². The highest BCUT2D eigenvalue weighted by atomic mass is 31.2. The van der Waals surface area contributed by atoms with Crippen molar-refractivity contribution in [2.45, 2.75) is 236 Å². The molecule has 1 fully saturated rings. The summed E-state index contributed by atoms with van der Waals surface area (Å²) < 4.78 is 22.8. The Kier molecular flexibility index (Phi) is 34.3. The zero-order valence-corrected chi connectivity index (χ0v) is 38.5. The maximum Gasteiger partial charge on any atom is 0.472 e. The van der Waals surface area contributed by atoms with Crippen molar-refractivity contribution >= 4 is 13.7 Å². The number of hydrogen-bond donors (Lipinski definition) is 9. The number of phosphoric ester groups is 1. The summed E-state index contributed by atoms with van der Waals surface area (Å²) >= 11 is 0. The highest BCUT2D eigenvalue weighted by molar-refractivity contribution is 7.47. The van der Waals surface area contributed by atoms with Crippen molar-refractivity contribution in [1.82, 2.24) is 5.32 Å². The Morgan fingerprint density at radius 3 is 1.46 bits per heavy atom. The van der Waals surface area contributed by atoms with Crippen LogP contribution >= 0.6 is 7.82 Å². The SMILES string of the molecule is CCCCCC/C=C/CC/C=C/CC/C=C/C(O)C(COP(=O)(O)OC1C(O)C(O)C(O)C(O)C1O)NC(=O)CC(O)CCCCCCC/C=C\CCCCCCCCCC. The molecule has 13 nitrogen and oxygen atoms in total. The maximum absolute atomic E-state index is 13.0. The average Bonchev–Trinajstić information content (AvgIpc) is 3.23. The monoisotopic (exact) mass is 888 g/mol. The Morgan fingerprint density at radius 1 is 0.574 bits per heavy atom. The summed E-state index contributed by atoms with van der Waals surface area (Å²) in [6.45, 7) is 3.69. The van der Waals surface area contributed by atoms with Gasteiger partial charge in [0, 0.05) is 0 Å². The van der Waals surface area contributed by atoms with E-state index in [0.717, 1.165) is 64.2 Å². The predicted octanol–water partition coefficient (Wildman–Crippen LogP) is 7.92. The van der Waals surface area contributed by atoms with Gasteiger partial charge in [0.2, 0.25) is 5.91 Å². The number of phosphoric acid groups is 1. The molecule has 0 aromatic carbocycles. The van der Waals surface area contributed by atoms with Crippen molar-refractivity contribution in [3.05, 3.63) is 48.6 Å². The fraction of sp³-hybridized carbons (Fsp3) is 0.809. The van der Waals surface area contributed by atoms with E-state index in [1.165, 1.54) is 83.1 Å². The number of carbonyl (C=O) groups is 1. The molecule has 0 aliphatic heterocycles. The van der Waals surface area contributed by atoms with Crippen LogP contribution in [0.25, 0.3) is 0 Å². The molecule has 0 aromatic rings. The molecule has 8 atom stereocenters. The number of nitrogens with one attached hydrogen (secondary N) is 1. The number of hydrogen-bond acceptors (Lipinski definition) is 11. The topological polar surface area (TPSA) is 226 Å². The Hall–Kier alpha value is -1.74. The van der Waals surface area contributed by atoms with Crippen molar-refractivity contribution in [2.75, 3.05) is 6.61 Å². The molecule has 1 amide bonds. The van der Waals surface area contributed by atoms with E-state index in [-0.39, 0.29) is 6.42 Å². The molecule has 9 N–H and O–H groups in total. The second-order valence-electron chi connectivity index (χ2n) is 16.8. The van der Waals surface area contributed by atoms with Gasteiger partial charge in [0.15, 0.2) is 0 Å². The predicted molar refractivity (Wildman–Crippen MR) is 243 cm³/mol. The van der Waals surface area contributed by atoms with E-state index in [1.807, 2.05) is 6.08 Å². The number of unbranched alkanes of at least 4 members (excludes halogenated alkanes) is 19. The minimum Gasteiger partial charge on any atom is -0.393 e. The number of amides is 1. The summed E-state index contributed by atoms with van der Waals surface area (Å²) in [5.41, 5.74) is 0. The zero-order valence-electron chi connectivity index (χ0n) is 37.6. The molecule has 0 spiro atoms. The zero-order chi connectivity index (χ0) is 45.1. The lowest BCUT2D eigenvalue weighted by Gasteiger charge is -2.41. The van der Waals surface area contributed by atoms with Crippen LogP contribution in [0.2, 0.25) is 0 Å². The molecular formula is C47H86NO12P. The van der Waals surface area contributed by atoms with Crippen LogP contribution in [0.4, 0.5) is 0 Å². The number of aliphatic hydroxyl groups is 7. The lowest BCUT2D eigenvalue weighted by Crippen LogP contribution is -2.64. The van der Waals surface area contributed by atoms with E-state index in [0.29, 0.717) is 19.3 Å². The molecule has 8 unspecified atom stereocenters. The molecule has 1 saturated carbocycles. The van der Waals surface area contributed by atoms with Crippen LogP contribution < -0.4 is 5.32 Å². The quantitative estimate of drug-likeness (QED) is 0.0164. The van der Waals surface area contributed by atoms with Crippen molar-refractivity contribution in [3.8, 4) is 0 Å². The highest BCUT2D eigenvalue weighted by Gasteiger charge is 2.51. The Labute approximate surface area is 368 Å². The lowest BCUT2D eigenvalue weighted by atomic mass is 9.85. The van der Waals surface area contributed by atoms with Gasteiger partial charge in [-0.3, -0.25) is 13.8 Å². The van der Waals surface area contributed by atoms with Crippen LogP contribution in [0.15, 0.2) is 48.6 Å². The van der Waals surface area contributed by atoms with Crippen LogP contribution in [-0.2, 0) is 18.4 Å². The van der Waals surface area contributed by atoms with E-state index in [9.17, 15) is 50.0 Å². The number of rotatable bonds is 38. The van der Waals surface area contributed by atoms with Crippen molar-refractivity contribution in [3.63, 3.8) is 0 Å². The second kappa shape index (κ2) is 36.6. The van der Waals surface area contributed by atoms with Gasteiger partial charge in [-0.05, 0) is 70.6 Å². The van der Waals surface area contributed by atoms with Crippen LogP contribution in [0.3, 0.4) is 0 Å². The van der Waals surface area contributed by atoms with Crippen LogP contribution in [0.5, 0.6) is 0 Å². The second-order valence-corrected chi connectivity index (χ2v) is 18.2. The highest BCUT2D eigenvalue weighted by Crippen LogP contribution is 2.47. The molecule has 1 aliphatic rings. The molecule has 61 heavy (non-hydrogen) atoms. The minimum absolute atomic E-state index is 0.263. The molecule has 0 aromatic heterocycles. The van der Waals surface area contributed by atoms with E-state index in [4.69, 9.17) is 9.05 Å². The first-order chi connectivity index (χ1) is 29.3. The third kappa shape index (κ3) is 28.6. The molecular weight excluding hydrogens is 801 g/mol. The molecule has 1 rings (SSSR count). The number of allylic oxidation sites excluding steroid dienone is 7. The first-order valence-corrected chi connectivity index (χ1v) is 25.2. The van der Waals surface area contributed by atoms with E-state index in [1.54, 1.807) is 6.08 Å². The van der Waals surface area contributed by atoms with Gasteiger partial charge in [-0.1, -0.05) is 152 Å². The minimum atomic E-state index is -5.15. The summed E-state index contributed by atoms with van der Waals surface area (Å²) in [6.07, 6.45) is 29.2. The summed E-state index contributed by atoms with van der Waals surface area (Å²) in [5, 5.41) is 74.4. The van der Waals surface area contributed by atoms with E-state index >= 15 is 0 Å². The Balaban J connectivity index is 2.57. The van der Waals surface area contributed by atoms with Crippen LogP contribution in [0.1, 0.15) is 181 Å². The number of aliphatic hydroxyl groups excluding tert-OH is 7. The van der Waals surface area contributed by atoms with Gasteiger partial charge >= 0.3 is 7.82 Å². The molecule has 0 bridgehead atoms. The lowest BCUT2D eigenvalue weighted by molar-refractivity contribution is -0.220. The van der Waals surface area contributed by atoms with Gasteiger partial charge in [0.25, 0.3) is 0 Å². The van der Waals surface area contributed by atoms with Gasteiger partial charge in [0.1, 0.15) is 36.6 Å². The van der Waals surface area contributed by atoms with Gasteiger partial charge in [-0.15, -0.1) is 0 Å². The first-order valence-electron chi connectivity index (χ1n) is 23.7. The van der Waals surface area contributed by atoms with Gasteiger partial charge in [0.05, 0.1) is 31.3 Å². The standard InChI is InChI=1S/C47H86NO12P/c1-3-5-7-9-11-13-15-17-19-20-21-22-24-26-28-30-32-34-38(49)36-41(51)48-39(37-59-61(57,58)60-47-45(55)43(53)42(52)44(54)46(47)56)40(50)35-33-31-29-27-25-23-18-16-14-12-10-8-6-4-2/h14,16,20-21,25,27,33,35,38-40,42-47,49-50,52-56H,3-13,15,17-19,22-24,26,28-32,34,36-37H2,1-2H3,(H,48,51)(H,57,58)/b16-14+,21-20-,27-25+,35-33+. The number of carbonyl (C=O) groups excluding carboxylic acids is 1. The van der Waals surface area contributed by atoms with Crippen molar-refractivity contribution < 1.29 is 59.0 Å². The Morgan fingerprint density at radius 2 is 0.967 bits per heavy atom. The van der Waals surface area contributed by atoms with Crippen molar-refractivity contribution in [2.24, 2.45) is 0 Å². The van der Waals surface area contributed by atoms with Gasteiger partial charge in [-0.2, -0.15) is 0 Å². The largest absolute Gasteiger partial charge is 0.472 e. The van der Waals surface area contributed by atoms with Gasteiger partial charge < -0.3 is 46.0 Å². The normalized spacial score (nSPS) is 23.6. The first kappa shape index (κ1) is 57.3. The molecule has 356 valence electrons. The van der Waals surface area contributed by atoms with Crippen molar-refractivity contribution in [1.29, 1.82) is 0 Å². The van der Waals surface area contributed by atoms with Gasteiger partial charge in [-0.25, -0.2) is 4.57 Å². The fourth-order valence-corrected chi connectivity index (χ4v) is 8.17. The summed E-state index contributed by atoms with van der Waals surface area (Å²) in [5.74, 6) is -0.614. The van der Waals surface area contributed by atoms with E-state index < -0.39 is 75.2 Å². The average molecular weight is 888 g/mol. The Bertz CT molecular complexity index is 1230. The van der Waals surface area contributed by atoms with Crippen LogP contribution in [0, 0.1) is 0 Å². The molecule has 0 radical (unpaired) electrons. The summed E-state index contributed by atoms with van der Waals surface area (Å²) in [4.78, 5) is 23.4. The molecule has 1 aliphatic carbocycles. The third-order valence-electron chi connectivity index (χ3n) is 11.1. The molecule has 14 heteroatoms. The molecule has 0 saturated heterocycles. The third-order valence-corrected chi connectivity index (χ3v) is 12.1. The fourth-order valence-electron chi connectivity index (χ4n) is 7.21. The molecule has 0 heterocycles. The summed E-state index contributed by atoms with van der Waals surface area (Å²) in [6, 6.07) is -1.27.